The minimum Gasteiger partial charge on any atom is -0.399 e. The van der Waals surface area contributed by atoms with Crippen LogP contribution >= 0.6 is 0 Å². The molecule has 16 heavy (non-hydrogen) atoms. The molecule has 1 unspecified atom stereocenters. The second-order valence-electron chi connectivity index (χ2n) is 4.59. The van der Waals surface area contributed by atoms with Crippen LogP contribution in [0.15, 0.2) is 24.3 Å². The summed E-state index contributed by atoms with van der Waals surface area (Å²) in [4.78, 5) is 2.41. The zero-order valence-corrected chi connectivity index (χ0v) is 9.60. The van der Waals surface area contributed by atoms with E-state index in [0.717, 1.165) is 38.2 Å². The molecule has 0 aliphatic carbocycles. The van der Waals surface area contributed by atoms with Crippen molar-refractivity contribution in [1.82, 2.24) is 4.90 Å². The van der Waals surface area contributed by atoms with Crippen molar-refractivity contribution >= 4 is 5.69 Å². The summed E-state index contributed by atoms with van der Waals surface area (Å²) < 4.78 is 0. The highest BCUT2D eigenvalue weighted by Gasteiger charge is 2.21. The normalized spacial score (nSPS) is 21.4. The molecule has 1 heterocycles. The average molecular weight is 220 g/mol. The van der Waals surface area contributed by atoms with E-state index in [1.165, 1.54) is 5.56 Å². The lowest BCUT2D eigenvalue weighted by Crippen LogP contribution is -2.24. The molecule has 1 aromatic rings. The maximum Gasteiger partial charge on any atom is 0.0471 e. The van der Waals surface area contributed by atoms with E-state index < -0.39 is 0 Å². The number of aliphatic hydroxyl groups is 1. The van der Waals surface area contributed by atoms with Crippen LogP contribution in [0.1, 0.15) is 12.0 Å². The first-order chi connectivity index (χ1) is 7.79. The molecule has 1 atom stereocenters. The van der Waals surface area contributed by atoms with Gasteiger partial charge in [-0.2, -0.15) is 0 Å². The second-order valence-corrected chi connectivity index (χ2v) is 4.59. The van der Waals surface area contributed by atoms with E-state index in [2.05, 4.69) is 11.0 Å². The molecule has 3 heteroatoms. The van der Waals surface area contributed by atoms with Crippen molar-refractivity contribution in [3.63, 3.8) is 0 Å². The van der Waals surface area contributed by atoms with E-state index in [-0.39, 0.29) is 0 Å². The summed E-state index contributed by atoms with van der Waals surface area (Å²) in [6, 6.07) is 8.05. The maximum atomic E-state index is 9.07. The molecule has 1 saturated heterocycles. The summed E-state index contributed by atoms with van der Waals surface area (Å²) in [5.41, 5.74) is 8.02. The Labute approximate surface area is 96.9 Å². The molecule has 0 bridgehead atoms. The number of likely N-dealkylation sites (tertiary alicyclic amines) is 1. The molecule has 1 aromatic carbocycles. The number of benzene rings is 1. The summed E-state index contributed by atoms with van der Waals surface area (Å²) in [5, 5.41) is 9.07. The van der Waals surface area contributed by atoms with Crippen LogP contribution in [0.25, 0.3) is 0 Å². The first kappa shape index (κ1) is 11.4. The fraction of sp³-hybridized carbons (Fsp3) is 0.538. The van der Waals surface area contributed by atoms with Gasteiger partial charge in [0.2, 0.25) is 0 Å². The Morgan fingerprint density at radius 1 is 1.38 bits per heavy atom. The van der Waals surface area contributed by atoms with Crippen molar-refractivity contribution in [3.8, 4) is 0 Å². The molecule has 0 saturated carbocycles. The highest BCUT2D eigenvalue weighted by atomic mass is 16.3. The van der Waals surface area contributed by atoms with Gasteiger partial charge >= 0.3 is 0 Å². The Morgan fingerprint density at radius 3 is 2.88 bits per heavy atom. The zero-order valence-electron chi connectivity index (χ0n) is 9.60. The lowest BCUT2D eigenvalue weighted by molar-refractivity contribution is 0.222. The van der Waals surface area contributed by atoms with Gasteiger partial charge in [-0.05, 0) is 36.9 Å². The highest BCUT2D eigenvalue weighted by molar-refractivity contribution is 5.46. The summed E-state index contributed by atoms with van der Waals surface area (Å²) in [5.74, 6) is 0.480. The molecular weight excluding hydrogens is 200 g/mol. The topological polar surface area (TPSA) is 49.5 Å². The molecule has 1 fully saturated rings. The molecule has 2 rings (SSSR count). The van der Waals surface area contributed by atoms with E-state index in [1.807, 2.05) is 18.2 Å². The summed E-state index contributed by atoms with van der Waals surface area (Å²) >= 11 is 0. The third kappa shape index (κ3) is 2.74. The van der Waals surface area contributed by atoms with Crippen LogP contribution in [-0.4, -0.2) is 36.2 Å². The maximum absolute atomic E-state index is 9.07. The standard InChI is InChI=1S/C13H20N2O/c14-13-4-2-1-3-12(13)6-8-15-7-5-11(9-15)10-16/h1-4,11,16H,5-10,14H2. The lowest BCUT2D eigenvalue weighted by Gasteiger charge is -2.16. The van der Waals surface area contributed by atoms with Crippen LogP contribution < -0.4 is 5.73 Å². The molecule has 0 aromatic heterocycles. The quantitative estimate of drug-likeness (QED) is 0.748. The average Bonchev–Trinajstić information content (AvgIpc) is 2.76. The number of nitrogen functional groups attached to an aromatic ring is 1. The van der Waals surface area contributed by atoms with Crippen LogP contribution in [0.5, 0.6) is 0 Å². The summed E-state index contributed by atoms with van der Waals surface area (Å²) in [7, 11) is 0. The zero-order chi connectivity index (χ0) is 11.4. The number of anilines is 1. The fourth-order valence-corrected chi connectivity index (χ4v) is 2.31. The van der Waals surface area contributed by atoms with Gasteiger partial charge in [-0.3, -0.25) is 0 Å². The number of hydrogen-bond donors (Lipinski definition) is 2. The molecule has 0 radical (unpaired) electrons. The van der Waals surface area contributed by atoms with E-state index >= 15 is 0 Å². The molecule has 3 nitrogen and oxygen atoms in total. The van der Waals surface area contributed by atoms with Gasteiger partial charge in [0.25, 0.3) is 0 Å². The van der Waals surface area contributed by atoms with E-state index in [1.54, 1.807) is 0 Å². The monoisotopic (exact) mass is 220 g/mol. The van der Waals surface area contributed by atoms with E-state index in [9.17, 15) is 0 Å². The van der Waals surface area contributed by atoms with Crippen LogP contribution in [0.3, 0.4) is 0 Å². The van der Waals surface area contributed by atoms with Crippen LogP contribution in [0, 0.1) is 5.92 Å². The largest absolute Gasteiger partial charge is 0.399 e. The Bertz CT molecular complexity index is 340. The molecule has 3 N–H and O–H groups in total. The molecule has 1 aliphatic rings. The third-order valence-corrected chi connectivity index (χ3v) is 3.38. The molecule has 0 spiro atoms. The van der Waals surface area contributed by atoms with Crippen molar-refractivity contribution in [2.45, 2.75) is 12.8 Å². The second kappa shape index (κ2) is 5.32. The van der Waals surface area contributed by atoms with Gasteiger partial charge in [-0.25, -0.2) is 0 Å². The van der Waals surface area contributed by atoms with Gasteiger partial charge in [0, 0.05) is 25.4 Å². The van der Waals surface area contributed by atoms with Gasteiger partial charge in [0.1, 0.15) is 0 Å². The molecular formula is C13H20N2O. The number of aliphatic hydroxyl groups excluding tert-OH is 1. The smallest absolute Gasteiger partial charge is 0.0471 e. The number of hydrogen-bond acceptors (Lipinski definition) is 3. The van der Waals surface area contributed by atoms with Crippen molar-refractivity contribution < 1.29 is 5.11 Å². The highest BCUT2D eigenvalue weighted by Crippen LogP contribution is 2.17. The Morgan fingerprint density at radius 2 is 2.19 bits per heavy atom. The third-order valence-electron chi connectivity index (χ3n) is 3.38. The first-order valence-electron chi connectivity index (χ1n) is 5.96. The predicted octanol–water partition coefficient (Wildman–Crippen LogP) is 1.13. The summed E-state index contributed by atoms with van der Waals surface area (Å²) in [6.45, 7) is 3.51. The minimum atomic E-state index is 0.323. The number of nitrogens with zero attached hydrogens (tertiary/aromatic N) is 1. The molecule has 88 valence electrons. The minimum absolute atomic E-state index is 0.323. The van der Waals surface area contributed by atoms with Crippen molar-refractivity contribution in [2.24, 2.45) is 5.92 Å². The van der Waals surface area contributed by atoms with Crippen LogP contribution in [0.4, 0.5) is 5.69 Å². The molecule has 1 aliphatic heterocycles. The first-order valence-corrected chi connectivity index (χ1v) is 5.96. The van der Waals surface area contributed by atoms with Gasteiger partial charge in [-0.1, -0.05) is 18.2 Å². The Balaban J connectivity index is 1.82. The SMILES string of the molecule is Nc1ccccc1CCN1CCC(CO)C1. The fourth-order valence-electron chi connectivity index (χ4n) is 2.31. The van der Waals surface area contributed by atoms with Gasteiger partial charge in [-0.15, -0.1) is 0 Å². The number of para-hydroxylation sites is 1. The van der Waals surface area contributed by atoms with Gasteiger partial charge in [0.15, 0.2) is 0 Å². The lowest BCUT2D eigenvalue weighted by atomic mass is 10.1. The van der Waals surface area contributed by atoms with E-state index in [4.69, 9.17) is 10.8 Å². The van der Waals surface area contributed by atoms with Crippen LogP contribution in [-0.2, 0) is 6.42 Å². The Hall–Kier alpha value is -1.06. The van der Waals surface area contributed by atoms with Crippen molar-refractivity contribution in [1.29, 1.82) is 0 Å². The number of rotatable bonds is 4. The van der Waals surface area contributed by atoms with E-state index in [0.29, 0.717) is 12.5 Å². The Kier molecular flexibility index (Phi) is 3.80. The summed E-state index contributed by atoms with van der Waals surface area (Å²) in [6.07, 6.45) is 2.13. The van der Waals surface area contributed by atoms with Crippen molar-refractivity contribution in [3.05, 3.63) is 29.8 Å². The van der Waals surface area contributed by atoms with Gasteiger partial charge < -0.3 is 15.7 Å². The van der Waals surface area contributed by atoms with Gasteiger partial charge in [0.05, 0.1) is 0 Å². The number of nitrogens with two attached hydrogens (primary N) is 1. The van der Waals surface area contributed by atoms with Crippen molar-refractivity contribution in [2.75, 3.05) is 32.0 Å². The molecule has 0 amide bonds. The van der Waals surface area contributed by atoms with Crippen LogP contribution in [0.2, 0.25) is 0 Å². The predicted molar refractivity (Wildman–Crippen MR) is 66.2 cm³/mol.